The summed E-state index contributed by atoms with van der Waals surface area (Å²) in [6.07, 6.45) is 1.35. The van der Waals surface area contributed by atoms with Crippen molar-refractivity contribution in [2.24, 2.45) is 5.92 Å². The molecule has 1 aliphatic rings. The Balaban J connectivity index is 2.07. The fourth-order valence-electron chi connectivity index (χ4n) is 3.05. The third-order valence-electron chi connectivity index (χ3n) is 4.29. The van der Waals surface area contributed by atoms with Crippen LogP contribution in [0.3, 0.4) is 0 Å². The quantitative estimate of drug-likeness (QED) is 0.828. The molecule has 0 spiro atoms. The Morgan fingerprint density at radius 2 is 2.04 bits per heavy atom. The van der Waals surface area contributed by atoms with Gasteiger partial charge in [0.1, 0.15) is 17.5 Å². The summed E-state index contributed by atoms with van der Waals surface area (Å²) in [5.74, 6) is 1.35. The van der Waals surface area contributed by atoms with Crippen LogP contribution >= 0.6 is 0 Å². The predicted molar refractivity (Wildman–Crippen MR) is 91.0 cm³/mol. The normalized spacial score (nSPS) is 15.5. The van der Waals surface area contributed by atoms with Crippen LogP contribution in [0.5, 0.6) is 11.5 Å². The molecule has 1 fully saturated rings. The third kappa shape index (κ3) is 3.99. The summed E-state index contributed by atoms with van der Waals surface area (Å²) >= 11 is 0. The van der Waals surface area contributed by atoms with Crippen molar-refractivity contribution in [1.29, 1.82) is 0 Å². The third-order valence-corrected chi connectivity index (χ3v) is 4.29. The highest BCUT2D eigenvalue weighted by molar-refractivity contribution is 5.88. The largest absolute Gasteiger partial charge is 0.497 e. The Hall–Kier alpha value is -2.24. The summed E-state index contributed by atoms with van der Waals surface area (Å²) in [6, 6.07) is 5.05. The maximum Gasteiger partial charge on any atom is 0.243 e. The lowest BCUT2D eigenvalue weighted by atomic mass is 10.0. The second kappa shape index (κ2) is 8.04. The van der Waals surface area contributed by atoms with Crippen LogP contribution < -0.4 is 14.8 Å². The van der Waals surface area contributed by atoms with E-state index in [0.717, 1.165) is 12.0 Å². The zero-order valence-corrected chi connectivity index (χ0v) is 14.8. The second-order valence-corrected chi connectivity index (χ2v) is 6.28. The highest BCUT2D eigenvalue weighted by Gasteiger charge is 2.34. The molecule has 6 heteroatoms. The van der Waals surface area contributed by atoms with Crippen molar-refractivity contribution in [3.63, 3.8) is 0 Å². The van der Waals surface area contributed by atoms with Crippen molar-refractivity contribution in [2.45, 2.75) is 39.3 Å². The lowest BCUT2D eigenvalue weighted by Crippen LogP contribution is -2.50. The molecule has 0 saturated carbocycles. The minimum atomic E-state index is -0.427. The molecular weight excluding hydrogens is 308 g/mol. The van der Waals surface area contributed by atoms with Gasteiger partial charge in [-0.3, -0.25) is 9.59 Å². The van der Waals surface area contributed by atoms with Gasteiger partial charge in [-0.1, -0.05) is 13.8 Å². The number of carbonyl (C=O) groups is 2. The lowest BCUT2D eigenvalue weighted by molar-refractivity contribution is -0.139. The van der Waals surface area contributed by atoms with E-state index in [-0.39, 0.29) is 17.7 Å². The van der Waals surface area contributed by atoms with Gasteiger partial charge in [-0.25, -0.2) is 0 Å². The topological polar surface area (TPSA) is 67.9 Å². The van der Waals surface area contributed by atoms with E-state index < -0.39 is 6.04 Å². The van der Waals surface area contributed by atoms with Crippen LogP contribution in [0.25, 0.3) is 0 Å². The first-order valence-electron chi connectivity index (χ1n) is 8.26. The van der Waals surface area contributed by atoms with Crippen molar-refractivity contribution in [3.8, 4) is 11.5 Å². The van der Waals surface area contributed by atoms with Gasteiger partial charge in [0.25, 0.3) is 0 Å². The molecule has 0 aromatic heterocycles. The SMILES string of the molecule is COc1ccc(CNC(=O)[C@H](C(C)C)N2CCCC2=O)c(OC)c1. The van der Waals surface area contributed by atoms with Crippen molar-refractivity contribution in [3.05, 3.63) is 23.8 Å². The summed E-state index contributed by atoms with van der Waals surface area (Å²) in [7, 11) is 3.18. The molecule has 132 valence electrons. The molecule has 1 saturated heterocycles. The first-order valence-corrected chi connectivity index (χ1v) is 8.26. The van der Waals surface area contributed by atoms with E-state index >= 15 is 0 Å². The molecule has 1 heterocycles. The van der Waals surface area contributed by atoms with Gasteiger partial charge in [0, 0.05) is 31.1 Å². The Morgan fingerprint density at radius 3 is 2.58 bits per heavy atom. The minimum Gasteiger partial charge on any atom is -0.497 e. The number of likely N-dealkylation sites (tertiary alicyclic amines) is 1. The average Bonchev–Trinajstić information content (AvgIpc) is 2.98. The van der Waals surface area contributed by atoms with Crippen LogP contribution in [0.2, 0.25) is 0 Å². The summed E-state index contributed by atoms with van der Waals surface area (Å²) in [5.41, 5.74) is 0.863. The van der Waals surface area contributed by atoms with Crippen molar-refractivity contribution in [1.82, 2.24) is 10.2 Å². The van der Waals surface area contributed by atoms with Gasteiger partial charge in [0.15, 0.2) is 0 Å². The second-order valence-electron chi connectivity index (χ2n) is 6.28. The monoisotopic (exact) mass is 334 g/mol. The number of rotatable bonds is 7. The molecule has 0 unspecified atom stereocenters. The van der Waals surface area contributed by atoms with E-state index in [4.69, 9.17) is 9.47 Å². The van der Waals surface area contributed by atoms with Gasteiger partial charge in [-0.2, -0.15) is 0 Å². The number of amides is 2. The molecule has 6 nitrogen and oxygen atoms in total. The van der Waals surface area contributed by atoms with Crippen molar-refractivity contribution >= 4 is 11.8 Å². The van der Waals surface area contributed by atoms with Crippen molar-refractivity contribution in [2.75, 3.05) is 20.8 Å². The predicted octanol–water partition coefficient (Wildman–Crippen LogP) is 1.97. The molecule has 0 aliphatic carbocycles. The number of carbonyl (C=O) groups excluding carboxylic acids is 2. The number of methoxy groups -OCH3 is 2. The summed E-state index contributed by atoms with van der Waals surface area (Å²) in [4.78, 5) is 26.3. The van der Waals surface area contributed by atoms with Gasteiger partial charge < -0.3 is 19.7 Å². The summed E-state index contributed by atoms with van der Waals surface area (Å²) < 4.78 is 10.5. The molecule has 2 amide bonds. The summed E-state index contributed by atoms with van der Waals surface area (Å²) in [6.45, 7) is 4.92. The molecule has 2 rings (SSSR count). The van der Waals surface area contributed by atoms with E-state index in [1.54, 1.807) is 25.2 Å². The lowest BCUT2D eigenvalue weighted by Gasteiger charge is -2.30. The van der Waals surface area contributed by atoms with E-state index in [0.29, 0.717) is 31.0 Å². The number of nitrogens with one attached hydrogen (secondary N) is 1. The van der Waals surface area contributed by atoms with E-state index in [9.17, 15) is 9.59 Å². The Kier molecular flexibility index (Phi) is 6.06. The van der Waals surface area contributed by atoms with Crippen LogP contribution in [0, 0.1) is 5.92 Å². The molecule has 0 radical (unpaired) electrons. The van der Waals surface area contributed by atoms with Crippen LogP contribution in [0.15, 0.2) is 18.2 Å². The maximum atomic E-state index is 12.6. The van der Waals surface area contributed by atoms with Crippen LogP contribution in [-0.4, -0.2) is 43.5 Å². The highest BCUT2D eigenvalue weighted by atomic mass is 16.5. The van der Waals surface area contributed by atoms with Crippen LogP contribution in [0.4, 0.5) is 0 Å². The van der Waals surface area contributed by atoms with Crippen LogP contribution in [-0.2, 0) is 16.1 Å². The molecule has 1 aliphatic heterocycles. The first-order chi connectivity index (χ1) is 11.5. The first kappa shape index (κ1) is 18.1. The maximum absolute atomic E-state index is 12.6. The molecule has 1 atom stereocenters. The fraction of sp³-hybridized carbons (Fsp3) is 0.556. The Morgan fingerprint density at radius 1 is 1.29 bits per heavy atom. The molecule has 1 aromatic carbocycles. The van der Waals surface area contributed by atoms with E-state index in [1.165, 1.54) is 0 Å². The van der Waals surface area contributed by atoms with Gasteiger partial charge in [0.05, 0.1) is 14.2 Å². The van der Waals surface area contributed by atoms with Gasteiger partial charge in [-0.05, 0) is 24.5 Å². The van der Waals surface area contributed by atoms with Crippen molar-refractivity contribution < 1.29 is 19.1 Å². The number of benzene rings is 1. The Labute approximate surface area is 143 Å². The zero-order valence-electron chi connectivity index (χ0n) is 14.8. The molecule has 0 bridgehead atoms. The number of hydrogen-bond acceptors (Lipinski definition) is 4. The Bertz CT molecular complexity index is 601. The molecule has 24 heavy (non-hydrogen) atoms. The molecular formula is C18H26N2O4. The zero-order chi connectivity index (χ0) is 17.7. The minimum absolute atomic E-state index is 0.0600. The average molecular weight is 334 g/mol. The number of hydrogen-bond donors (Lipinski definition) is 1. The smallest absolute Gasteiger partial charge is 0.243 e. The number of nitrogens with zero attached hydrogens (tertiary/aromatic N) is 1. The highest BCUT2D eigenvalue weighted by Crippen LogP contribution is 2.25. The van der Waals surface area contributed by atoms with E-state index in [2.05, 4.69) is 5.32 Å². The number of ether oxygens (including phenoxy) is 2. The van der Waals surface area contributed by atoms with Gasteiger partial charge in [0.2, 0.25) is 11.8 Å². The van der Waals surface area contributed by atoms with E-state index in [1.807, 2.05) is 26.0 Å². The molecule has 1 N–H and O–H groups in total. The van der Waals surface area contributed by atoms with Crippen LogP contribution in [0.1, 0.15) is 32.3 Å². The van der Waals surface area contributed by atoms with Gasteiger partial charge in [-0.15, -0.1) is 0 Å². The fourth-order valence-corrected chi connectivity index (χ4v) is 3.05. The molecule has 1 aromatic rings. The standard InChI is InChI=1S/C18H26N2O4/c1-12(2)17(20-9-5-6-16(20)21)18(22)19-11-13-7-8-14(23-3)10-15(13)24-4/h7-8,10,12,17H,5-6,9,11H2,1-4H3,(H,19,22)/t17-/m0/s1. The summed E-state index contributed by atoms with van der Waals surface area (Å²) in [5, 5.41) is 2.94. The van der Waals surface area contributed by atoms with Gasteiger partial charge >= 0.3 is 0 Å².